The maximum absolute atomic E-state index is 11.6. The molecule has 0 heterocycles. The van der Waals surface area contributed by atoms with Gasteiger partial charge in [-0.15, -0.1) is 11.8 Å². The molecule has 2 aromatic rings. The number of nitrogen functional groups attached to an aromatic ring is 1. The first-order chi connectivity index (χ1) is 9.63. The molecule has 0 aromatic heterocycles. The second kappa shape index (κ2) is 6.34. The number of carbonyl (C=O) groups excluding carboxylic acids is 1. The van der Waals surface area contributed by atoms with Gasteiger partial charge in [-0.3, -0.25) is 0 Å². The number of ether oxygens (including phenoxy) is 1. The van der Waals surface area contributed by atoms with Crippen molar-refractivity contribution in [2.75, 3.05) is 24.4 Å². The summed E-state index contributed by atoms with van der Waals surface area (Å²) in [6, 6.07) is 13.2. The van der Waals surface area contributed by atoms with E-state index < -0.39 is 5.97 Å². The highest BCUT2D eigenvalue weighted by atomic mass is 32.2. The van der Waals surface area contributed by atoms with Crippen molar-refractivity contribution in [1.29, 1.82) is 0 Å². The van der Waals surface area contributed by atoms with Crippen LogP contribution in [0.25, 0.3) is 0 Å². The minimum Gasteiger partial charge on any atom is -0.465 e. The first kappa shape index (κ1) is 14.3. The molecule has 4 nitrogen and oxygen atoms in total. The van der Waals surface area contributed by atoms with Crippen molar-refractivity contribution in [3.8, 4) is 0 Å². The number of esters is 1. The topological polar surface area (TPSA) is 64.3 Å². The monoisotopic (exact) mass is 288 g/mol. The molecule has 0 aliphatic rings. The van der Waals surface area contributed by atoms with Crippen molar-refractivity contribution in [2.45, 2.75) is 4.90 Å². The number of benzene rings is 2. The molecule has 20 heavy (non-hydrogen) atoms. The van der Waals surface area contributed by atoms with Gasteiger partial charge in [0.1, 0.15) is 0 Å². The Bertz CT molecular complexity index is 612. The SMILES string of the molecule is COC(=O)c1cc(Nc2ccc(SC)cc2)ccc1N. The van der Waals surface area contributed by atoms with Gasteiger partial charge in [0.2, 0.25) is 0 Å². The van der Waals surface area contributed by atoms with E-state index in [1.54, 1.807) is 23.9 Å². The molecule has 2 rings (SSSR count). The van der Waals surface area contributed by atoms with Crippen LogP contribution in [0, 0.1) is 0 Å². The lowest BCUT2D eigenvalue weighted by Crippen LogP contribution is -2.06. The number of thioether (sulfide) groups is 1. The van der Waals surface area contributed by atoms with E-state index in [4.69, 9.17) is 10.5 Å². The van der Waals surface area contributed by atoms with Crippen molar-refractivity contribution in [2.24, 2.45) is 0 Å². The van der Waals surface area contributed by atoms with Gasteiger partial charge in [-0.25, -0.2) is 4.79 Å². The number of nitrogens with one attached hydrogen (secondary N) is 1. The number of nitrogens with two attached hydrogens (primary N) is 1. The third-order valence-corrected chi connectivity index (χ3v) is 3.58. The summed E-state index contributed by atoms with van der Waals surface area (Å²) in [5, 5.41) is 3.23. The van der Waals surface area contributed by atoms with Gasteiger partial charge < -0.3 is 15.8 Å². The average molecular weight is 288 g/mol. The molecule has 0 saturated heterocycles. The molecule has 0 bridgehead atoms. The Kier molecular flexibility index (Phi) is 4.53. The largest absolute Gasteiger partial charge is 0.465 e. The van der Waals surface area contributed by atoms with Crippen LogP contribution < -0.4 is 11.1 Å². The van der Waals surface area contributed by atoms with Gasteiger partial charge in [0.05, 0.1) is 12.7 Å². The molecular weight excluding hydrogens is 272 g/mol. The first-order valence-corrected chi connectivity index (χ1v) is 7.25. The Hall–Kier alpha value is -2.14. The second-order valence-corrected chi connectivity index (χ2v) is 5.03. The van der Waals surface area contributed by atoms with Gasteiger partial charge in [0, 0.05) is 22.0 Å². The van der Waals surface area contributed by atoms with Crippen molar-refractivity contribution >= 4 is 34.8 Å². The Labute approximate surface area is 122 Å². The maximum atomic E-state index is 11.6. The molecule has 0 unspecified atom stereocenters. The van der Waals surface area contributed by atoms with Crippen LogP contribution in [0.2, 0.25) is 0 Å². The molecule has 0 fully saturated rings. The molecule has 104 valence electrons. The van der Waals surface area contributed by atoms with Crippen LogP contribution in [-0.2, 0) is 4.74 Å². The van der Waals surface area contributed by atoms with Gasteiger partial charge in [-0.2, -0.15) is 0 Å². The lowest BCUT2D eigenvalue weighted by molar-refractivity contribution is 0.0602. The summed E-state index contributed by atoms with van der Waals surface area (Å²) in [5.41, 5.74) is 8.26. The maximum Gasteiger partial charge on any atom is 0.340 e. The van der Waals surface area contributed by atoms with Crippen LogP contribution in [0.5, 0.6) is 0 Å². The summed E-state index contributed by atoms with van der Waals surface area (Å²) in [4.78, 5) is 12.8. The van der Waals surface area contributed by atoms with Gasteiger partial charge >= 0.3 is 5.97 Å². The molecule has 0 aliphatic carbocycles. The zero-order valence-corrected chi connectivity index (χ0v) is 12.2. The fourth-order valence-electron chi connectivity index (χ4n) is 1.76. The van der Waals surface area contributed by atoms with Crippen molar-refractivity contribution < 1.29 is 9.53 Å². The number of hydrogen-bond donors (Lipinski definition) is 2. The van der Waals surface area contributed by atoms with Crippen LogP contribution in [0.15, 0.2) is 47.4 Å². The van der Waals surface area contributed by atoms with Crippen molar-refractivity contribution in [3.05, 3.63) is 48.0 Å². The minimum atomic E-state index is -0.441. The minimum absolute atomic E-state index is 0.359. The normalized spacial score (nSPS) is 10.1. The number of carbonyl (C=O) groups is 1. The Morgan fingerprint density at radius 3 is 2.40 bits per heavy atom. The molecule has 0 amide bonds. The van der Waals surface area contributed by atoms with E-state index in [-0.39, 0.29) is 0 Å². The number of anilines is 3. The fourth-order valence-corrected chi connectivity index (χ4v) is 2.17. The summed E-state index contributed by atoms with van der Waals surface area (Å²) in [6.45, 7) is 0. The predicted molar refractivity (Wildman–Crippen MR) is 83.7 cm³/mol. The van der Waals surface area contributed by atoms with Gasteiger partial charge in [-0.05, 0) is 48.7 Å². The van der Waals surface area contributed by atoms with Crippen LogP contribution in [0.4, 0.5) is 17.1 Å². The smallest absolute Gasteiger partial charge is 0.340 e. The molecule has 0 atom stereocenters. The summed E-state index contributed by atoms with van der Waals surface area (Å²) >= 11 is 1.69. The second-order valence-electron chi connectivity index (χ2n) is 4.15. The Morgan fingerprint density at radius 1 is 1.15 bits per heavy atom. The fraction of sp³-hybridized carbons (Fsp3) is 0.133. The van der Waals surface area contributed by atoms with Crippen LogP contribution in [0.1, 0.15) is 10.4 Å². The number of methoxy groups -OCH3 is 1. The molecule has 2 aromatic carbocycles. The average Bonchev–Trinajstić information content (AvgIpc) is 2.49. The quantitative estimate of drug-likeness (QED) is 0.512. The van der Waals surface area contributed by atoms with E-state index in [1.807, 2.05) is 36.6 Å². The molecule has 0 radical (unpaired) electrons. The highest BCUT2D eigenvalue weighted by molar-refractivity contribution is 7.98. The lowest BCUT2D eigenvalue weighted by atomic mass is 10.1. The highest BCUT2D eigenvalue weighted by Crippen LogP contribution is 2.24. The number of rotatable bonds is 4. The first-order valence-electron chi connectivity index (χ1n) is 6.03. The summed E-state index contributed by atoms with van der Waals surface area (Å²) in [7, 11) is 1.34. The third kappa shape index (κ3) is 3.24. The summed E-state index contributed by atoms with van der Waals surface area (Å²) in [5.74, 6) is -0.441. The molecular formula is C15H16N2O2S. The standard InChI is InChI=1S/C15H16N2O2S/c1-19-15(18)13-9-11(5-8-14(13)16)17-10-3-6-12(20-2)7-4-10/h3-9,17H,16H2,1-2H3. The summed E-state index contributed by atoms with van der Waals surface area (Å²) < 4.78 is 4.70. The van der Waals surface area contributed by atoms with Crippen LogP contribution in [0.3, 0.4) is 0 Å². The molecule has 3 N–H and O–H groups in total. The zero-order chi connectivity index (χ0) is 14.5. The van der Waals surface area contributed by atoms with E-state index in [9.17, 15) is 4.79 Å². The van der Waals surface area contributed by atoms with Crippen LogP contribution in [-0.4, -0.2) is 19.3 Å². The van der Waals surface area contributed by atoms with Crippen LogP contribution >= 0.6 is 11.8 Å². The van der Waals surface area contributed by atoms with Crippen molar-refractivity contribution in [1.82, 2.24) is 0 Å². The van der Waals surface area contributed by atoms with E-state index in [0.29, 0.717) is 11.3 Å². The Balaban J connectivity index is 2.22. The third-order valence-electron chi connectivity index (χ3n) is 2.84. The van der Waals surface area contributed by atoms with E-state index in [1.165, 1.54) is 12.0 Å². The Morgan fingerprint density at radius 2 is 1.80 bits per heavy atom. The van der Waals surface area contributed by atoms with Gasteiger partial charge in [0.25, 0.3) is 0 Å². The highest BCUT2D eigenvalue weighted by Gasteiger charge is 2.10. The molecule has 0 aliphatic heterocycles. The molecule has 5 heteroatoms. The van der Waals surface area contributed by atoms with E-state index in [2.05, 4.69) is 5.32 Å². The number of hydrogen-bond acceptors (Lipinski definition) is 5. The van der Waals surface area contributed by atoms with Crippen molar-refractivity contribution in [3.63, 3.8) is 0 Å². The zero-order valence-electron chi connectivity index (χ0n) is 11.3. The van der Waals surface area contributed by atoms with Gasteiger partial charge in [-0.1, -0.05) is 0 Å². The van der Waals surface area contributed by atoms with E-state index in [0.717, 1.165) is 11.4 Å². The van der Waals surface area contributed by atoms with Gasteiger partial charge in [0.15, 0.2) is 0 Å². The molecule has 0 spiro atoms. The molecule has 0 saturated carbocycles. The predicted octanol–water partition coefficient (Wildman–Crippen LogP) is 3.52. The van der Waals surface area contributed by atoms with E-state index >= 15 is 0 Å². The lowest BCUT2D eigenvalue weighted by Gasteiger charge is -2.10. The summed E-state index contributed by atoms with van der Waals surface area (Å²) in [6.07, 6.45) is 2.03.